The molecule has 0 spiro atoms. The molecule has 2 fully saturated rings. The lowest BCUT2D eigenvalue weighted by Gasteiger charge is -2.28. The smallest absolute Gasteiger partial charge is 0.318 e. The average molecular weight is 329 g/mol. The van der Waals surface area contributed by atoms with Crippen molar-refractivity contribution in [2.75, 3.05) is 6.54 Å². The number of rotatable bonds is 4. The second-order valence-electron chi connectivity index (χ2n) is 6.84. The van der Waals surface area contributed by atoms with Crippen molar-refractivity contribution >= 4 is 11.9 Å². The van der Waals surface area contributed by atoms with E-state index in [2.05, 4.69) is 10.6 Å². The summed E-state index contributed by atoms with van der Waals surface area (Å²) in [5.41, 5.74) is 1.06. The zero-order valence-corrected chi connectivity index (χ0v) is 14.2. The van der Waals surface area contributed by atoms with Crippen molar-refractivity contribution in [3.63, 3.8) is 0 Å². The van der Waals surface area contributed by atoms with Crippen LogP contribution >= 0.6 is 0 Å². The van der Waals surface area contributed by atoms with Gasteiger partial charge in [0.25, 0.3) is 0 Å². The third-order valence-electron chi connectivity index (χ3n) is 5.05. The molecule has 0 radical (unpaired) electrons. The molecule has 1 saturated carbocycles. The summed E-state index contributed by atoms with van der Waals surface area (Å²) in [5, 5.41) is 6.10. The predicted molar refractivity (Wildman–Crippen MR) is 93.4 cm³/mol. The highest BCUT2D eigenvalue weighted by Gasteiger charge is 2.34. The Morgan fingerprint density at radius 2 is 1.75 bits per heavy atom. The highest BCUT2D eigenvalue weighted by molar-refractivity contribution is 5.87. The number of carbonyl (C=O) groups is 2. The fourth-order valence-corrected chi connectivity index (χ4v) is 3.70. The van der Waals surface area contributed by atoms with Crippen molar-refractivity contribution in [1.29, 1.82) is 0 Å². The van der Waals surface area contributed by atoms with E-state index in [-0.39, 0.29) is 18.0 Å². The first-order chi connectivity index (χ1) is 11.7. The van der Waals surface area contributed by atoms with Crippen LogP contribution in [0, 0.1) is 0 Å². The first-order valence-electron chi connectivity index (χ1n) is 9.13. The Bertz CT molecular complexity index is 555. The van der Waals surface area contributed by atoms with Gasteiger partial charge in [-0.1, -0.05) is 49.6 Å². The van der Waals surface area contributed by atoms with Crippen LogP contribution < -0.4 is 10.6 Å². The summed E-state index contributed by atoms with van der Waals surface area (Å²) in [6.07, 6.45) is 7.44. The number of likely N-dealkylation sites (tertiary alicyclic amines) is 1. The number of amides is 3. The molecule has 24 heavy (non-hydrogen) atoms. The molecule has 3 rings (SSSR count). The summed E-state index contributed by atoms with van der Waals surface area (Å²) in [6, 6.07) is 9.67. The number of hydrogen-bond acceptors (Lipinski definition) is 2. The normalized spacial score (nSPS) is 21.5. The van der Waals surface area contributed by atoms with Gasteiger partial charge in [-0.05, 0) is 31.2 Å². The number of benzene rings is 1. The highest BCUT2D eigenvalue weighted by Crippen LogP contribution is 2.21. The summed E-state index contributed by atoms with van der Waals surface area (Å²) < 4.78 is 0. The van der Waals surface area contributed by atoms with Gasteiger partial charge in [0, 0.05) is 19.1 Å². The molecule has 0 aromatic heterocycles. The van der Waals surface area contributed by atoms with Gasteiger partial charge in [0.05, 0.1) is 0 Å². The Labute approximate surface area is 143 Å². The van der Waals surface area contributed by atoms with Crippen LogP contribution in [-0.2, 0) is 11.3 Å². The maximum absolute atomic E-state index is 12.6. The van der Waals surface area contributed by atoms with Crippen molar-refractivity contribution in [2.24, 2.45) is 0 Å². The lowest BCUT2D eigenvalue weighted by atomic mass is 9.95. The Morgan fingerprint density at radius 1 is 1.00 bits per heavy atom. The molecule has 1 aliphatic carbocycles. The number of urea groups is 1. The van der Waals surface area contributed by atoms with Crippen molar-refractivity contribution in [3.8, 4) is 0 Å². The van der Waals surface area contributed by atoms with Crippen LogP contribution in [0.1, 0.15) is 50.5 Å². The molecule has 2 N–H and O–H groups in total. The van der Waals surface area contributed by atoms with Crippen LogP contribution in [-0.4, -0.2) is 35.5 Å². The average Bonchev–Trinajstić information content (AvgIpc) is 3.11. The highest BCUT2D eigenvalue weighted by atomic mass is 16.2. The second kappa shape index (κ2) is 8.18. The maximum atomic E-state index is 12.6. The molecule has 3 amide bonds. The molecule has 0 unspecified atom stereocenters. The standard InChI is InChI=1S/C19H27N3O2/c23-18(21-16-10-5-2-6-11-16)17-12-7-13-22(17)19(24)20-14-15-8-3-1-4-9-15/h1,3-4,8-9,16-17H,2,5-7,10-14H2,(H,20,24)(H,21,23)/t17-/m0/s1. The Kier molecular flexibility index (Phi) is 5.72. The molecule has 0 bridgehead atoms. The number of nitrogens with zero attached hydrogens (tertiary/aromatic N) is 1. The van der Waals surface area contributed by atoms with Gasteiger partial charge in [-0.25, -0.2) is 4.79 Å². The Morgan fingerprint density at radius 3 is 2.50 bits per heavy atom. The lowest BCUT2D eigenvalue weighted by Crippen LogP contribution is -2.51. The van der Waals surface area contributed by atoms with E-state index in [9.17, 15) is 9.59 Å². The Balaban J connectivity index is 1.52. The van der Waals surface area contributed by atoms with Gasteiger partial charge in [0.15, 0.2) is 0 Å². The summed E-state index contributed by atoms with van der Waals surface area (Å²) in [6.45, 7) is 1.15. The van der Waals surface area contributed by atoms with Crippen LogP contribution in [0.5, 0.6) is 0 Å². The molecule has 2 aliphatic rings. The zero-order chi connectivity index (χ0) is 16.8. The molecule has 1 aromatic rings. The third kappa shape index (κ3) is 4.28. The van der Waals surface area contributed by atoms with Crippen LogP contribution in [0.25, 0.3) is 0 Å². The van der Waals surface area contributed by atoms with Crippen LogP contribution in [0.3, 0.4) is 0 Å². The van der Waals surface area contributed by atoms with Gasteiger partial charge in [0.2, 0.25) is 5.91 Å². The summed E-state index contributed by atoms with van der Waals surface area (Å²) in [7, 11) is 0. The van der Waals surface area contributed by atoms with E-state index in [1.54, 1.807) is 4.90 Å². The molecule has 5 heteroatoms. The number of nitrogens with one attached hydrogen (secondary N) is 2. The summed E-state index contributed by atoms with van der Waals surface area (Å²) in [4.78, 5) is 26.7. The number of carbonyl (C=O) groups excluding carboxylic acids is 2. The second-order valence-corrected chi connectivity index (χ2v) is 6.84. The van der Waals surface area contributed by atoms with Crippen LogP contribution in [0.2, 0.25) is 0 Å². The van der Waals surface area contributed by atoms with E-state index in [0.717, 1.165) is 31.2 Å². The van der Waals surface area contributed by atoms with Gasteiger partial charge in [-0.15, -0.1) is 0 Å². The third-order valence-corrected chi connectivity index (χ3v) is 5.05. The largest absolute Gasteiger partial charge is 0.352 e. The lowest BCUT2D eigenvalue weighted by molar-refractivity contribution is -0.125. The minimum absolute atomic E-state index is 0.0225. The van der Waals surface area contributed by atoms with E-state index >= 15 is 0 Å². The van der Waals surface area contributed by atoms with E-state index in [4.69, 9.17) is 0 Å². The molecule has 1 aliphatic heterocycles. The quantitative estimate of drug-likeness (QED) is 0.892. The predicted octanol–water partition coefficient (Wildman–Crippen LogP) is 2.81. The van der Waals surface area contributed by atoms with Gasteiger partial charge in [0.1, 0.15) is 6.04 Å². The van der Waals surface area contributed by atoms with Gasteiger partial charge >= 0.3 is 6.03 Å². The van der Waals surface area contributed by atoms with Gasteiger partial charge in [-0.3, -0.25) is 4.79 Å². The summed E-state index contributed by atoms with van der Waals surface area (Å²) >= 11 is 0. The zero-order valence-electron chi connectivity index (χ0n) is 14.2. The molecular formula is C19H27N3O2. The molecule has 1 atom stereocenters. The fraction of sp³-hybridized carbons (Fsp3) is 0.579. The number of hydrogen-bond donors (Lipinski definition) is 2. The van der Waals surface area contributed by atoms with E-state index in [0.29, 0.717) is 19.1 Å². The molecule has 1 aromatic carbocycles. The minimum Gasteiger partial charge on any atom is -0.352 e. The van der Waals surface area contributed by atoms with Crippen LogP contribution in [0.15, 0.2) is 30.3 Å². The van der Waals surface area contributed by atoms with Crippen molar-refractivity contribution in [1.82, 2.24) is 15.5 Å². The summed E-state index contributed by atoms with van der Waals surface area (Å²) in [5.74, 6) is 0.0225. The van der Waals surface area contributed by atoms with Crippen molar-refractivity contribution < 1.29 is 9.59 Å². The molecule has 130 valence electrons. The van der Waals surface area contributed by atoms with Crippen molar-refractivity contribution in [3.05, 3.63) is 35.9 Å². The topological polar surface area (TPSA) is 61.4 Å². The molecular weight excluding hydrogens is 302 g/mol. The van der Waals surface area contributed by atoms with Gasteiger partial charge < -0.3 is 15.5 Å². The van der Waals surface area contributed by atoms with E-state index < -0.39 is 0 Å². The maximum Gasteiger partial charge on any atom is 0.318 e. The van der Waals surface area contributed by atoms with Gasteiger partial charge in [-0.2, -0.15) is 0 Å². The first kappa shape index (κ1) is 16.8. The van der Waals surface area contributed by atoms with E-state index in [1.165, 1.54) is 19.3 Å². The monoisotopic (exact) mass is 329 g/mol. The molecule has 5 nitrogen and oxygen atoms in total. The minimum atomic E-state index is -0.317. The van der Waals surface area contributed by atoms with E-state index in [1.807, 2.05) is 30.3 Å². The molecule has 1 heterocycles. The Hall–Kier alpha value is -2.04. The molecule has 1 saturated heterocycles. The fourth-order valence-electron chi connectivity index (χ4n) is 3.70. The first-order valence-corrected chi connectivity index (χ1v) is 9.13. The van der Waals surface area contributed by atoms with Crippen LogP contribution in [0.4, 0.5) is 4.79 Å². The SMILES string of the molecule is O=C(NC1CCCCC1)[C@@H]1CCCN1C(=O)NCc1ccccc1. The van der Waals surface area contributed by atoms with Crippen molar-refractivity contribution in [2.45, 2.75) is 63.6 Å².